The third-order valence-corrected chi connectivity index (χ3v) is 3.99. The van der Waals surface area contributed by atoms with Crippen LogP contribution in [0.3, 0.4) is 0 Å². The van der Waals surface area contributed by atoms with E-state index in [1.165, 1.54) is 5.56 Å². The first-order valence-electron chi connectivity index (χ1n) is 7.01. The Morgan fingerprint density at radius 1 is 0.762 bits per heavy atom. The van der Waals surface area contributed by atoms with Gasteiger partial charge in [0, 0.05) is 28.7 Å². The lowest BCUT2D eigenvalue weighted by Gasteiger charge is -2.19. The molecule has 0 aliphatic heterocycles. The highest BCUT2D eigenvalue weighted by Gasteiger charge is 2.29. The summed E-state index contributed by atoms with van der Waals surface area (Å²) in [5, 5.41) is 0. The molecular formula is C19H16O2. The first-order chi connectivity index (χ1) is 10.1. The minimum Gasteiger partial charge on any atom is -0.289 e. The van der Waals surface area contributed by atoms with Crippen LogP contribution in [0.1, 0.15) is 38.8 Å². The summed E-state index contributed by atoms with van der Waals surface area (Å²) in [6, 6.07) is 15.1. The van der Waals surface area contributed by atoms with E-state index in [-0.39, 0.29) is 11.6 Å². The molecule has 0 heterocycles. The van der Waals surface area contributed by atoms with E-state index in [1.54, 1.807) is 31.2 Å². The van der Waals surface area contributed by atoms with E-state index in [0.29, 0.717) is 28.7 Å². The predicted octanol–water partition coefficient (Wildman–Crippen LogP) is 3.93. The number of rotatable bonds is 2. The van der Waals surface area contributed by atoms with Gasteiger partial charge in [0.2, 0.25) is 0 Å². The van der Waals surface area contributed by atoms with Crippen molar-refractivity contribution in [2.45, 2.75) is 20.3 Å². The molecule has 0 aromatic heterocycles. The van der Waals surface area contributed by atoms with Crippen LogP contribution in [0.15, 0.2) is 59.7 Å². The van der Waals surface area contributed by atoms with Crippen molar-refractivity contribution in [1.82, 2.24) is 0 Å². The van der Waals surface area contributed by atoms with Crippen LogP contribution in [0, 0.1) is 6.92 Å². The highest BCUT2D eigenvalue weighted by molar-refractivity contribution is 6.26. The second-order valence-electron chi connectivity index (χ2n) is 5.47. The van der Waals surface area contributed by atoms with Crippen molar-refractivity contribution in [3.8, 4) is 0 Å². The summed E-state index contributed by atoms with van der Waals surface area (Å²) in [6.07, 6.45) is 0.505. The molecule has 1 aliphatic rings. The molecule has 1 aliphatic carbocycles. The van der Waals surface area contributed by atoms with Crippen molar-refractivity contribution >= 4 is 11.6 Å². The van der Waals surface area contributed by atoms with Crippen LogP contribution >= 0.6 is 0 Å². The Hall–Kier alpha value is -2.48. The predicted molar refractivity (Wildman–Crippen MR) is 82.7 cm³/mol. The maximum atomic E-state index is 12.6. The smallest absolute Gasteiger partial charge is 0.190 e. The van der Waals surface area contributed by atoms with Gasteiger partial charge >= 0.3 is 0 Å². The first kappa shape index (κ1) is 13.5. The van der Waals surface area contributed by atoms with E-state index in [1.807, 2.05) is 31.2 Å². The Balaban J connectivity index is 2.02. The van der Waals surface area contributed by atoms with E-state index in [9.17, 15) is 9.59 Å². The monoisotopic (exact) mass is 276 g/mol. The van der Waals surface area contributed by atoms with E-state index in [0.717, 1.165) is 5.56 Å². The fraction of sp³-hybridized carbons (Fsp3) is 0.158. The van der Waals surface area contributed by atoms with E-state index in [2.05, 4.69) is 0 Å². The minimum absolute atomic E-state index is 0.0247. The van der Waals surface area contributed by atoms with E-state index >= 15 is 0 Å². The molecule has 0 fully saturated rings. The first-order valence-corrected chi connectivity index (χ1v) is 7.01. The molecule has 0 saturated heterocycles. The average Bonchev–Trinajstić information content (AvgIpc) is 2.51. The minimum atomic E-state index is -0.0349. The Morgan fingerprint density at radius 2 is 1.33 bits per heavy atom. The number of aryl methyl sites for hydroxylation is 1. The zero-order valence-corrected chi connectivity index (χ0v) is 12.1. The van der Waals surface area contributed by atoms with Gasteiger partial charge in [-0.05, 0) is 19.4 Å². The standard InChI is InChI=1S/C19H16O2/c1-12-7-9-14(10-8-12)11-17-13(2)18(20)15-5-3-4-6-16(15)19(17)21/h3-10H,11H2,1-2H3. The Bertz CT molecular complexity index is 764. The van der Waals surface area contributed by atoms with Crippen molar-refractivity contribution in [3.05, 3.63) is 81.9 Å². The number of carbonyl (C=O) groups excluding carboxylic acids is 2. The molecule has 2 nitrogen and oxygen atoms in total. The fourth-order valence-corrected chi connectivity index (χ4v) is 2.67. The number of ketones is 2. The summed E-state index contributed by atoms with van der Waals surface area (Å²) in [4.78, 5) is 25.0. The molecular weight excluding hydrogens is 260 g/mol. The molecule has 0 spiro atoms. The van der Waals surface area contributed by atoms with Gasteiger partial charge < -0.3 is 0 Å². The molecule has 21 heavy (non-hydrogen) atoms. The van der Waals surface area contributed by atoms with Gasteiger partial charge in [-0.1, -0.05) is 54.1 Å². The number of benzene rings is 2. The normalized spacial score (nSPS) is 14.4. The zero-order chi connectivity index (χ0) is 15.0. The van der Waals surface area contributed by atoms with Crippen LogP contribution in [-0.2, 0) is 6.42 Å². The van der Waals surface area contributed by atoms with Crippen molar-refractivity contribution in [2.75, 3.05) is 0 Å². The van der Waals surface area contributed by atoms with Crippen LogP contribution in [-0.4, -0.2) is 11.6 Å². The number of hydrogen-bond acceptors (Lipinski definition) is 2. The summed E-state index contributed by atoms with van der Waals surface area (Å²) in [7, 11) is 0. The number of Topliss-reactive ketones (excluding diaryl/α,β-unsaturated/α-hetero) is 2. The summed E-state index contributed by atoms with van der Waals surface area (Å²) in [5.41, 5.74) is 4.46. The van der Waals surface area contributed by atoms with Gasteiger partial charge in [-0.15, -0.1) is 0 Å². The van der Waals surface area contributed by atoms with E-state index in [4.69, 9.17) is 0 Å². The lowest BCUT2D eigenvalue weighted by molar-refractivity contribution is 0.0973. The molecule has 2 aromatic rings. The number of carbonyl (C=O) groups is 2. The van der Waals surface area contributed by atoms with Crippen molar-refractivity contribution in [1.29, 1.82) is 0 Å². The molecule has 0 bridgehead atoms. The molecule has 2 heteroatoms. The third kappa shape index (κ3) is 2.33. The highest BCUT2D eigenvalue weighted by atomic mass is 16.1. The molecule has 0 radical (unpaired) electrons. The third-order valence-electron chi connectivity index (χ3n) is 3.99. The van der Waals surface area contributed by atoms with Gasteiger partial charge in [-0.3, -0.25) is 9.59 Å². The lowest BCUT2D eigenvalue weighted by Crippen LogP contribution is -2.22. The second kappa shape index (κ2) is 5.13. The quantitative estimate of drug-likeness (QED) is 0.832. The summed E-state index contributed by atoms with van der Waals surface area (Å²) < 4.78 is 0. The van der Waals surface area contributed by atoms with Crippen LogP contribution in [0.4, 0.5) is 0 Å². The summed E-state index contributed by atoms with van der Waals surface area (Å²) in [5.74, 6) is -0.0596. The molecule has 104 valence electrons. The number of allylic oxidation sites excluding steroid dienone is 2. The van der Waals surface area contributed by atoms with Gasteiger partial charge in [-0.2, -0.15) is 0 Å². The maximum Gasteiger partial charge on any atom is 0.190 e. The average molecular weight is 276 g/mol. The molecule has 0 N–H and O–H groups in total. The molecule has 3 rings (SSSR count). The topological polar surface area (TPSA) is 34.1 Å². The Morgan fingerprint density at radius 3 is 1.95 bits per heavy atom. The lowest BCUT2D eigenvalue weighted by atomic mass is 9.82. The molecule has 0 atom stereocenters. The van der Waals surface area contributed by atoms with Crippen molar-refractivity contribution in [2.24, 2.45) is 0 Å². The van der Waals surface area contributed by atoms with Crippen molar-refractivity contribution < 1.29 is 9.59 Å². The largest absolute Gasteiger partial charge is 0.289 e. The van der Waals surface area contributed by atoms with Gasteiger partial charge in [0.25, 0.3) is 0 Å². The Kier molecular flexibility index (Phi) is 3.30. The van der Waals surface area contributed by atoms with Crippen molar-refractivity contribution in [3.63, 3.8) is 0 Å². The summed E-state index contributed by atoms with van der Waals surface area (Å²) >= 11 is 0. The van der Waals surface area contributed by atoms with Gasteiger partial charge in [0.1, 0.15) is 0 Å². The van der Waals surface area contributed by atoms with Crippen LogP contribution < -0.4 is 0 Å². The van der Waals surface area contributed by atoms with E-state index < -0.39 is 0 Å². The van der Waals surface area contributed by atoms with Crippen LogP contribution in [0.25, 0.3) is 0 Å². The van der Waals surface area contributed by atoms with Crippen LogP contribution in [0.2, 0.25) is 0 Å². The molecule has 0 unspecified atom stereocenters. The van der Waals surface area contributed by atoms with Gasteiger partial charge in [0.15, 0.2) is 11.6 Å². The van der Waals surface area contributed by atoms with Crippen LogP contribution in [0.5, 0.6) is 0 Å². The highest BCUT2D eigenvalue weighted by Crippen LogP contribution is 2.28. The second-order valence-corrected chi connectivity index (χ2v) is 5.47. The molecule has 2 aromatic carbocycles. The fourth-order valence-electron chi connectivity index (χ4n) is 2.67. The van der Waals surface area contributed by atoms with Gasteiger partial charge in [0.05, 0.1) is 0 Å². The number of hydrogen-bond donors (Lipinski definition) is 0. The summed E-state index contributed by atoms with van der Waals surface area (Å²) in [6.45, 7) is 3.78. The maximum absolute atomic E-state index is 12.6. The SMILES string of the molecule is CC1=C(Cc2ccc(C)cc2)C(=O)c2ccccc2C1=O. The van der Waals surface area contributed by atoms with Gasteiger partial charge in [-0.25, -0.2) is 0 Å². The molecule has 0 saturated carbocycles. The number of fused-ring (bicyclic) bond motifs is 1. The molecule has 0 amide bonds. The zero-order valence-electron chi connectivity index (χ0n) is 12.1. The Labute approximate surface area is 124 Å².